The Bertz CT molecular complexity index is 887. The molecule has 5 atom stereocenters. The Morgan fingerprint density at radius 2 is 1.81 bits per heavy atom. The number of anilines is 1. The van der Waals surface area contributed by atoms with Gasteiger partial charge in [0.2, 0.25) is 0 Å². The molecule has 2 aromatic rings. The van der Waals surface area contributed by atoms with E-state index in [4.69, 9.17) is 9.47 Å². The van der Waals surface area contributed by atoms with Gasteiger partial charge in [-0.25, -0.2) is 0 Å². The fraction of sp³-hybridized carbons (Fsp3) is 0.520. The first-order valence-electron chi connectivity index (χ1n) is 11.4. The summed E-state index contributed by atoms with van der Waals surface area (Å²) >= 11 is 0. The summed E-state index contributed by atoms with van der Waals surface area (Å²) in [4.78, 5) is 2.35. The summed E-state index contributed by atoms with van der Waals surface area (Å²) in [7, 11) is 0. The molecule has 2 heterocycles. The first-order valence-corrected chi connectivity index (χ1v) is 11.4. The quantitative estimate of drug-likeness (QED) is 0.515. The lowest BCUT2D eigenvalue weighted by atomic mass is 9.89. The number of nitrogens with zero attached hydrogens (tertiary/aromatic N) is 1. The number of fused-ring (bicyclic) bond motifs is 1. The van der Waals surface area contributed by atoms with E-state index in [1.165, 1.54) is 11.1 Å². The van der Waals surface area contributed by atoms with E-state index in [-0.39, 0.29) is 0 Å². The van der Waals surface area contributed by atoms with Crippen LogP contribution in [0.15, 0.2) is 42.5 Å². The summed E-state index contributed by atoms with van der Waals surface area (Å²) in [6.07, 6.45) is -2.76. The first kappa shape index (κ1) is 23.0. The van der Waals surface area contributed by atoms with Gasteiger partial charge in [-0.3, -0.25) is 0 Å². The largest absolute Gasteiger partial charge is 0.494 e. The molecule has 2 aliphatic heterocycles. The zero-order chi connectivity index (χ0) is 22.7. The van der Waals surface area contributed by atoms with Crippen LogP contribution in [-0.2, 0) is 17.6 Å². The Morgan fingerprint density at radius 1 is 1.03 bits per heavy atom. The third-order valence-electron chi connectivity index (χ3n) is 6.45. The minimum atomic E-state index is -1.38. The van der Waals surface area contributed by atoms with Gasteiger partial charge in [0, 0.05) is 18.8 Å². The fourth-order valence-electron chi connectivity index (χ4n) is 4.64. The molecular formula is C25H33NO6. The zero-order valence-corrected chi connectivity index (χ0v) is 18.4. The van der Waals surface area contributed by atoms with Crippen LogP contribution in [0, 0.1) is 0 Å². The molecule has 0 spiro atoms. The topological polar surface area (TPSA) is 103 Å². The summed E-state index contributed by atoms with van der Waals surface area (Å²) in [5, 5.41) is 40.3. The Kier molecular flexibility index (Phi) is 7.33. The normalized spacial score (nSPS) is 27.8. The van der Waals surface area contributed by atoms with Crippen molar-refractivity contribution in [2.45, 2.75) is 56.7 Å². The van der Waals surface area contributed by atoms with E-state index in [0.29, 0.717) is 6.61 Å². The van der Waals surface area contributed by atoms with Crippen LogP contribution in [0.2, 0.25) is 0 Å². The predicted molar refractivity (Wildman–Crippen MR) is 121 cm³/mol. The molecule has 0 radical (unpaired) electrons. The van der Waals surface area contributed by atoms with Crippen LogP contribution < -0.4 is 9.64 Å². The molecule has 0 bridgehead atoms. The van der Waals surface area contributed by atoms with Crippen molar-refractivity contribution >= 4 is 5.69 Å². The van der Waals surface area contributed by atoms with E-state index in [0.717, 1.165) is 49.4 Å². The number of aryl methyl sites for hydroxylation is 1. The molecular weight excluding hydrogens is 410 g/mol. The Hall–Kier alpha value is -2.16. The molecule has 0 aromatic heterocycles. The molecule has 2 aliphatic rings. The monoisotopic (exact) mass is 443 g/mol. The lowest BCUT2D eigenvalue weighted by molar-refractivity contribution is -0.231. The summed E-state index contributed by atoms with van der Waals surface area (Å²) < 4.78 is 11.3. The van der Waals surface area contributed by atoms with Crippen molar-refractivity contribution in [3.8, 4) is 5.75 Å². The number of hydrogen-bond donors (Lipinski definition) is 4. The van der Waals surface area contributed by atoms with Crippen molar-refractivity contribution < 1.29 is 29.9 Å². The molecule has 0 amide bonds. The van der Waals surface area contributed by atoms with Gasteiger partial charge in [-0.15, -0.1) is 0 Å². The summed E-state index contributed by atoms with van der Waals surface area (Å²) in [6, 6.07) is 14.2. The van der Waals surface area contributed by atoms with Crippen molar-refractivity contribution in [1.82, 2.24) is 0 Å². The van der Waals surface area contributed by atoms with Crippen molar-refractivity contribution in [3.63, 3.8) is 0 Å². The number of benzene rings is 2. The maximum absolute atomic E-state index is 10.5. The lowest BCUT2D eigenvalue weighted by Crippen LogP contribution is -2.55. The fourth-order valence-corrected chi connectivity index (χ4v) is 4.64. The molecule has 4 N–H and O–H groups in total. The highest BCUT2D eigenvalue weighted by Gasteiger charge is 2.44. The standard InChI is InChI=1S/C25H33NO6/c1-2-31-19-9-5-16(6-10-19)11-13-26-12-3-4-17-7-8-18(14-20(17)26)25-24(30)23(29)22(28)21(15-27)32-25/h5-10,14,21-25,27-30H,2-4,11-13,15H2,1H3/t21-,22-,23+,24-,25+/m1/s1. The highest BCUT2D eigenvalue weighted by molar-refractivity contribution is 5.58. The zero-order valence-electron chi connectivity index (χ0n) is 18.4. The van der Waals surface area contributed by atoms with Crippen molar-refractivity contribution in [3.05, 3.63) is 59.2 Å². The molecule has 7 heteroatoms. The third-order valence-corrected chi connectivity index (χ3v) is 6.45. The second-order valence-electron chi connectivity index (χ2n) is 8.56. The molecule has 0 saturated carbocycles. The third kappa shape index (κ3) is 4.77. The Morgan fingerprint density at radius 3 is 2.53 bits per heavy atom. The smallest absolute Gasteiger partial charge is 0.119 e. The lowest BCUT2D eigenvalue weighted by Gasteiger charge is -2.41. The van der Waals surface area contributed by atoms with Crippen LogP contribution in [0.4, 0.5) is 5.69 Å². The van der Waals surface area contributed by atoms with E-state index < -0.39 is 37.1 Å². The summed E-state index contributed by atoms with van der Waals surface area (Å²) in [5.74, 6) is 0.878. The van der Waals surface area contributed by atoms with Crippen LogP contribution in [-0.4, -0.2) is 71.1 Å². The minimum absolute atomic E-state index is 0.430. The van der Waals surface area contributed by atoms with E-state index >= 15 is 0 Å². The van der Waals surface area contributed by atoms with Crippen LogP contribution in [0.3, 0.4) is 0 Å². The SMILES string of the molecule is CCOc1ccc(CCN2CCCc3ccc([C@@H]4O[C@H](CO)[C@@H](O)[C@H](O)[C@H]4O)cc32)cc1. The van der Waals surface area contributed by atoms with Crippen LogP contribution >= 0.6 is 0 Å². The first-order chi connectivity index (χ1) is 15.5. The second kappa shape index (κ2) is 10.2. The molecule has 0 unspecified atom stereocenters. The van der Waals surface area contributed by atoms with Gasteiger partial charge >= 0.3 is 0 Å². The molecule has 1 fully saturated rings. The van der Waals surface area contributed by atoms with Crippen molar-refractivity contribution in [1.29, 1.82) is 0 Å². The van der Waals surface area contributed by atoms with E-state index in [9.17, 15) is 20.4 Å². The second-order valence-corrected chi connectivity index (χ2v) is 8.56. The Balaban J connectivity index is 1.50. The van der Waals surface area contributed by atoms with Crippen LogP contribution in [0.1, 0.15) is 36.1 Å². The molecule has 174 valence electrons. The maximum Gasteiger partial charge on any atom is 0.119 e. The van der Waals surface area contributed by atoms with Gasteiger partial charge in [-0.1, -0.05) is 24.3 Å². The molecule has 2 aromatic carbocycles. The van der Waals surface area contributed by atoms with Gasteiger partial charge in [0.25, 0.3) is 0 Å². The molecule has 32 heavy (non-hydrogen) atoms. The number of aliphatic hydroxyl groups excluding tert-OH is 4. The van der Waals surface area contributed by atoms with Gasteiger partial charge in [0.1, 0.15) is 36.3 Å². The van der Waals surface area contributed by atoms with Gasteiger partial charge in [0.15, 0.2) is 0 Å². The van der Waals surface area contributed by atoms with Crippen LogP contribution in [0.25, 0.3) is 0 Å². The number of ether oxygens (including phenoxy) is 2. The molecule has 4 rings (SSSR count). The molecule has 7 nitrogen and oxygen atoms in total. The number of aliphatic hydroxyl groups is 4. The van der Waals surface area contributed by atoms with E-state index in [1.54, 1.807) is 0 Å². The molecule has 0 aliphatic carbocycles. The van der Waals surface area contributed by atoms with Crippen molar-refractivity contribution in [2.75, 3.05) is 31.2 Å². The Labute approximate surface area is 188 Å². The average molecular weight is 444 g/mol. The molecule has 1 saturated heterocycles. The van der Waals surface area contributed by atoms with Gasteiger partial charge in [0.05, 0.1) is 13.2 Å². The van der Waals surface area contributed by atoms with Crippen molar-refractivity contribution in [2.24, 2.45) is 0 Å². The van der Waals surface area contributed by atoms with E-state index in [2.05, 4.69) is 23.1 Å². The predicted octanol–water partition coefficient (Wildman–Crippen LogP) is 1.60. The maximum atomic E-state index is 10.5. The number of hydrogen-bond acceptors (Lipinski definition) is 7. The highest BCUT2D eigenvalue weighted by Crippen LogP contribution is 2.36. The van der Waals surface area contributed by atoms with Gasteiger partial charge in [-0.05, 0) is 61.1 Å². The highest BCUT2D eigenvalue weighted by atomic mass is 16.5. The van der Waals surface area contributed by atoms with Crippen LogP contribution in [0.5, 0.6) is 5.75 Å². The van der Waals surface area contributed by atoms with E-state index in [1.807, 2.05) is 31.2 Å². The minimum Gasteiger partial charge on any atom is -0.494 e. The van der Waals surface area contributed by atoms with Gasteiger partial charge < -0.3 is 34.8 Å². The summed E-state index contributed by atoms with van der Waals surface area (Å²) in [5.41, 5.74) is 4.33. The number of rotatable bonds is 7. The summed E-state index contributed by atoms with van der Waals surface area (Å²) in [6.45, 7) is 4.00. The van der Waals surface area contributed by atoms with Gasteiger partial charge in [-0.2, -0.15) is 0 Å². The average Bonchev–Trinajstić information content (AvgIpc) is 2.82.